The number of nitrogens with zero attached hydrogens (tertiary/aromatic N) is 6. The van der Waals surface area contributed by atoms with Gasteiger partial charge in [-0.1, -0.05) is 12.1 Å². The van der Waals surface area contributed by atoms with Gasteiger partial charge in [0, 0.05) is 37.6 Å². The van der Waals surface area contributed by atoms with E-state index in [0.29, 0.717) is 28.6 Å². The average Bonchev–Trinajstić information content (AvgIpc) is 3.57. The van der Waals surface area contributed by atoms with Crippen LogP contribution >= 0.6 is 0 Å². The molecule has 0 radical (unpaired) electrons. The van der Waals surface area contributed by atoms with Crippen LogP contribution in [0, 0.1) is 0 Å². The Morgan fingerprint density at radius 2 is 1.91 bits per heavy atom. The Morgan fingerprint density at radius 1 is 1.09 bits per heavy atom. The second-order valence-corrected chi connectivity index (χ2v) is 7.94. The van der Waals surface area contributed by atoms with Crippen molar-refractivity contribution in [2.24, 2.45) is 0 Å². The fourth-order valence-corrected chi connectivity index (χ4v) is 4.31. The molecule has 1 aliphatic heterocycles. The third-order valence-electron chi connectivity index (χ3n) is 6.06. The molecule has 0 aliphatic carbocycles. The van der Waals surface area contributed by atoms with Crippen LogP contribution in [-0.4, -0.2) is 65.0 Å². The zero-order chi connectivity index (χ0) is 23.7. The van der Waals surface area contributed by atoms with Gasteiger partial charge in [-0.2, -0.15) is 10.1 Å². The van der Waals surface area contributed by atoms with E-state index in [1.807, 2.05) is 36.5 Å². The van der Waals surface area contributed by atoms with Crippen LogP contribution in [0.25, 0.3) is 16.9 Å². The van der Waals surface area contributed by atoms with Gasteiger partial charge < -0.3 is 19.1 Å². The van der Waals surface area contributed by atoms with Crippen LogP contribution in [0.4, 0.5) is 5.69 Å². The Morgan fingerprint density at radius 3 is 2.65 bits per heavy atom. The largest absolute Gasteiger partial charge is 0.480 e. The van der Waals surface area contributed by atoms with Crippen molar-refractivity contribution >= 4 is 17.3 Å². The minimum absolute atomic E-state index is 0.227. The molecule has 34 heavy (non-hydrogen) atoms. The summed E-state index contributed by atoms with van der Waals surface area (Å²) in [6.07, 6.45) is 6.18. The summed E-state index contributed by atoms with van der Waals surface area (Å²) >= 11 is 0. The Bertz CT molecular complexity index is 1340. The molecule has 1 saturated heterocycles. The molecule has 1 aromatic carbocycles. The van der Waals surface area contributed by atoms with Gasteiger partial charge in [0.1, 0.15) is 5.69 Å². The van der Waals surface area contributed by atoms with Crippen molar-refractivity contribution in [1.82, 2.24) is 24.6 Å². The van der Waals surface area contributed by atoms with E-state index in [4.69, 9.17) is 19.3 Å². The van der Waals surface area contributed by atoms with E-state index in [1.165, 1.54) is 19.8 Å². The average molecular weight is 460 g/mol. The molecular formula is C24H24N6O4. The molecule has 0 bridgehead atoms. The summed E-state index contributed by atoms with van der Waals surface area (Å²) < 4.78 is 17.1. The molecule has 1 unspecified atom stereocenters. The highest BCUT2D eigenvalue weighted by Gasteiger charge is 2.27. The molecule has 0 N–H and O–H groups in total. The minimum Gasteiger partial charge on any atom is -0.480 e. The maximum absolute atomic E-state index is 11.7. The number of carbonyl (C=O) groups excluding carboxylic acids is 1. The van der Waals surface area contributed by atoms with E-state index in [0.717, 1.165) is 30.8 Å². The molecule has 10 heteroatoms. The Kier molecular flexibility index (Phi) is 5.70. The number of imidazole rings is 1. The van der Waals surface area contributed by atoms with Crippen molar-refractivity contribution in [1.29, 1.82) is 0 Å². The fraction of sp³-hybridized carbons (Fsp3) is 0.292. The number of aromatic nitrogens is 5. The standard InChI is InChI=1S/C24H24N6O4/c1-32-22-18(13-26-24(27-22)34-3)19-12-20(21-25-9-11-30(21)28-19)29-10-8-17(14-29)15-4-6-16(7-5-15)23(31)33-2/h4-7,9,11-13,17H,8,10,14H2,1-3H3. The van der Waals surface area contributed by atoms with E-state index in [1.54, 1.807) is 24.0 Å². The number of anilines is 1. The van der Waals surface area contributed by atoms with E-state index < -0.39 is 0 Å². The van der Waals surface area contributed by atoms with Gasteiger partial charge in [-0.15, -0.1) is 0 Å². The maximum atomic E-state index is 11.7. The molecule has 0 spiro atoms. The molecule has 10 nitrogen and oxygen atoms in total. The SMILES string of the molecule is COC(=O)c1ccc(C2CCN(c3cc(-c4cnc(OC)nc4OC)nn4ccnc34)C2)cc1. The summed E-state index contributed by atoms with van der Waals surface area (Å²) in [5.74, 6) is 0.385. The normalized spacial score (nSPS) is 15.5. The van der Waals surface area contributed by atoms with Crippen LogP contribution in [0.1, 0.15) is 28.3 Å². The van der Waals surface area contributed by atoms with Gasteiger partial charge in [0.05, 0.1) is 38.1 Å². The van der Waals surface area contributed by atoms with Crippen LogP contribution in [0.2, 0.25) is 0 Å². The van der Waals surface area contributed by atoms with Crippen LogP contribution in [0.5, 0.6) is 11.9 Å². The Balaban J connectivity index is 1.47. The Hall–Kier alpha value is -4.21. The number of carbonyl (C=O) groups is 1. The number of hydrogen-bond donors (Lipinski definition) is 0. The van der Waals surface area contributed by atoms with Gasteiger partial charge >= 0.3 is 12.0 Å². The molecule has 1 fully saturated rings. The van der Waals surface area contributed by atoms with E-state index >= 15 is 0 Å². The topological polar surface area (TPSA) is 104 Å². The van der Waals surface area contributed by atoms with Crippen LogP contribution in [-0.2, 0) is 4.74 Å². The minimum atomic E-state index is -0.330. The molecule has 1 atom stereocenters. The van der Waals surface area contributed by atoms with Crippen molar-refractivity contribution in [3.63, 3.8) is 0 Å². The molecule has 0 amide bonds. The van der Waals surface area contributed by atoms with Gasteiger partial charge in [-0.25, -0.2) is 19.3 Å². The quantitative estimate of drug-likeness (QED) is 0.402. The summed E-state index contributed by atoms with van der Waals surface area (Å²) in [7, 11) is 4.45. The van der Waals surface area contributed by atoms with E-state index in [-0.39, 0.29) is 12.0 Å². The lowest BCUT2D eigenvalue weighted by molar-refractivity contribution is 0.0600. The molecule has 4 aromatic rings. The second kappa shape index (κ2) is 8.97. The highest BCUT2D eigenvalue weighted by molar-refractivity contribution is 5.89. The molecule has 1 aliphatic rings. The summed E-state index contributed by atoms with van der Waals surface area (Å²) in [5, 5.41) is 4.70. The number of methoxy groups -OCH3 is 3. The van der Waals surface area contributed by atoms with Crippen LogP contribution in [0.15, 0.2) is 48.9 Å². The number of rotatable bonds is 6. The number of fused-ring (bicyclic) bond motifs is 1. The fourth-order valence-electron chi connectivity index (χ4n) is 4.31. The van der Waals surface area contributed by atoms with Crippen molar-refractivity contribution in [3.05, 3.63) is 60.0 Å². The first-order valence-electron chi connectivity index (χ1n) is 10.8. The zero-order valence-electron chi connectivity index (χ0n) is 19.1. The van der Waals surface area contributed by atoms with Gasteiger partial charge in [-0.3, -0.25) is 0 Å². The van der Waals surface area contributed by atoms with Crippen molar-refractivity contribution in [2.45, 2.75) is 12.3 Å². The van der Waals surface area contributed by atoms with Crippen molar-refractivity contribution in [3.8, 4) is 23.1 Å². The Labute approximate surface area is 196 Å². The smallest absolute Gasteiger partial charge is 0.337 e. The molecule has 174 valence electrons. The third kappa shape index (κ3) is 3.87. The highest BCUT2D eigenvalue weighted by atomic mass is 16.5. The molecular weight excluding hydrogens is 436 g/mol. The monoisotopic (exact) mass is 460 g/mol. The van der Waals surface area contributed by atoms with Gasteiger partial charge in [-0.05, 0) is 30.2 Å². The summed E-state index contributed by atoms with van der Waals surface area (Å²) in [4.78, 5) is 27.1. The van der Waals surface area contributed by atoms with Crippen molar-refractivity contribution < 1.29 is 19.0 Å². The van der Waals surface area contributed by atoms with E-state index in [9.17, 15) is 4.79 Å². The highest BCUT2D eigenvalue weighted by Crippen LogP contribution is 2.36. The summed E-state index contributed by atoms with van der Waals surface area (Å²) in [6.45, 7) is 1.69. The van der Waals surface area contributed by atoms with Crippen molar-refractivity contribution in [2.75, 3.05) is 39.3 Å². The van der Waals surface area contributed by atoms with Crippen LogP contribution < -0.4 is 14.4 Å². The first-order chi connectivity index (χ1) is 16.6. The first kappa shape index (κ1) is 21.6. The first-order valence-corrected chi connectivity index (χ1v) is 10.8. The lowest BCUT2D eigenvalue weighted by atomic mass is 9.97. The molecule has 3 aromatic heterocycles. The van der Waals surface area contributed by atoms with E-state index in [2.05, 4.69) is 19.9 Å². The number of ether oxygens (including phenoxy) is 3. The number of esters is 1. The maximum Gasteiger partial charge on any atom is 0.337 e. The van der Waals surface area contributed by atoms with Crippen LogP contribution in [0.3, 0.4) is 0 Å². The number of benzene rings is 1. The summed E-state index contributed by atoms with van der Waals surface area (Å²) in [6, 6.07) is 9.87. The second-order valence-electron chi connectivity index (χ2n) is 7.94. The number of hydrogen-bond acceptors (Lipinski definition) is 9. The zero-order valence-corrected chi connectivity index (χ0v) is 19.1. The predicted octanol–water partition coefficient (Wildman–Crippen LogP) is 2.98. The van der Waals surface area contributed by atoms with Gasteiger partial charge in [0.25, 0.3) is 0 Å². The lowest BCUT2D eigenvalue weighted by Crippen LogP contribution is -2.20. The van der Waals surface area contributed by atoms with Gasteiger partial charge in [0.2, 0.25) is 5.88 Å². The third-order valence-corrected chi connectivity index (χ3v) is 6.06. The summed E-state index contributed by atoms with van der Waals surface area (Å²) in [5.41, 5.74) is 4.82. The molecule has 4 heterocycles. The lowest BCUT2D eigenvalue weighted by Gasteiger charge is -2.20. The van der Waals surface area contributed by atoms with Gasteiger partial charge in [0.15, 0.2) is 5.65 Å². The predicted molar refractivity (Wildman–Crippen MR) is 124 cm³/mol. The molecule has 0 saturated carbocycles. The molecule has 5 rings (SSSR count).